The van der Waals surface area contributed by atoms with Gasteiger partial charge in [-0.15, -0.1) is 0 Å². The molecule has 128 valence electrons. The van der Waals surface area contributed by atoms with Gasteiger partial charge in [0, 0.05) is 5.69 Å². The summed E-state index contributed by atoms with van der Waals surface area (Å²) in [6.07, 6.45) is 1.51. The first-order chi connectivity index (χ1) is 12.0. The molecule has 0 saturated heterocycles. The van der Waals surface area contributed by atoms with E-state index in [1.807, 2.05) is 38.1 Å². The van der Waals surface area contributed by atoms with Crippen LogP contribution in [0.4, 0.5) is 5.69 Å². The Morgan fingerprint density at radius 2 is 1.76 bits per heavy atom. The highest BCUT2D eigenvalue weighted by Gasteiger charge is 2.11. The van der Waals surface area contributed by atoms with E-state index >= 15 is 0 Å². The van der Waals surface area contributed by atoms with Crippen molar-refractivity contribution in [3.63, 3.8) is 0 Å². The summed E-state index contributed by atoms with van der Waals surface area (Å²) in [4.78, 5) is 12.4. The molecule has 1 amide bonds. The molecule has 0 bridgehead atoms. The number of carbonyl (C=O) groups excluding carboxylic acids is 1. The average Bonchev–Trinajstić information content (AvgIpc) is 2.62. The van der Waals surface area contributed by atoms with Crippen LogP contribution in [0.1, 0.15) is 16.7 Å². The molecule has 0 saturated carbocycles. The molecule has 1 N–H and O–H groups in total. The van der Waals surface area contributed by atoms with Gasteiger partial charge >= 0.3 is 0 Å². The molecule has 5 heteroatoms. The number of nitrogens with zero attached hydrogens (tertiary/aromatic N) is 1. The van der Waals surface area contributed by atoms with Crippen LogP contribution in [0, 0.1) is 25.2 Å². The van der Waals surface area contributed by atoms with Crippen molar-refractivity contribution in [2.24, 2.45) is 0 Å². The van der Waals surface area contributed by atoms with Gasteiger partial charge in [0.25, 0.3) is 5.91 Å². The minimum Gasteiger partial charge on any atom is -0.493 e. The van der Waals surface area contributed by atoms with Crippen LogP contribution in [0.2, 0.25) is 0 Å². The van der Waals surface area contributed by atoms with Crippen molar-refractivity contribution in [2.45, 2.75) is 13.8 Å². The van der Waals surface area contributed by atoms with E-state index < -0.39 is 5.91 Å². The van der Waals surface area contributed by atoms with Crippen molar-refractivity contribution in [1.29, 1.82) is 5.26 Å². The Morgan fingerprint density at radius 3 is 2.36 bits per heavy atom. The second-order valence-corrected chi connectivity index (χ2v) is 5.54. The summed E-state index contributed by atoms with van der Waals surface area (Å²) in [5.41, 5.74) is 3.54. The van der Waals surface area contributed by atoms with E-state index in [0.29, 0.717) is 22.7 Å². The fourth-order valence-corrected chi connectivity index (χ4v) is 2.28. The smallest absolute Gasteiger partial charge is 0.266 e. The molecule has 0 aliphatic carbocycles. The molecule has 0 spiro atoms. The molecular formula is C20H20N2O3. The zero-order valence-electron chi connectivity index (χ0n) is 14.7. The highest BCUT2D eigenvalue weighted by molar-refractivity contribution is 6.09. The first kappa shape index (κ1) is 18.1. The quantitative estimate of drug-likeness (QED) is 0.665. The second kappa shape index (κ2) is 8.02. The van der Waals surface area contributed by atoms with Gasteiger partial charge in [-0.05, 0) is 60.9 Å². The van der Waals surface area contributed by atoms with Crippen LogP contribution in [0.25, 0.3) is 6.08 Å². The van der Waals surface area contributed by atoms with E-state index in [0.717, 1.165) is 11.1 Å². The van der Waals surface area contributed by atoms with Crippen LogP contribution in [-0.4, -0.2) is 20.1 Å². The van der Waals surface area contributed by atoms with Gasteiger partial charge in [-0.25, -0.2) is 0 Å². The molecule has 2 aromatic carbocycles. The normalized spacial score (nSPS) is 10.8. The first-order valence-electron chi connectivity index (χ1n) is 7.71. The van der Waals surface area contributed by atoms with E-state index in [2.05, 4.69) is 5.32 Å². The molecule has 2 aromatic rings. The summed E-state index contributed by atoms with van der Waals surface area (Å²) in [5, 5.41) is 12.1. The van der Waals surface area contributed by atoms with E-state index in [9.17, 15) is 10.1 Å². The number of aryl methyl sites for hydroxylation is 2. The van der Waals surface area contributed by atoms with Crippen molar-refractivity contribution in [3.8, 4) is 17.6 Å². The Hall–Kier alpha value is -3.26. The number of ether oxygens (including phenoxy) is 2. The van der Waals surface area contributed by atoms with Crippen LogP contribution in [0.5, 0.6) is 11.5 Å². The average molecular weight is 336 g/mol. The number of hydrogen-bond acceptors (Lipinski definition) is 4. The monoisotopic (exact) mass is 336 g/mol. The van der Waals surface area contributed by atoms with Gasteiger partial charge in [0.15, 0.2) is 11.5 Å². The Kier molecular flexibility index (Phi) is 5.80. The van der Waals surface area contributed by atoms with E-state index in [1.165, 1.54) is 13.2 Å². The molecule has 25 heavy (non-hydrogen) atoms. The summed E-state index contributed by atoms with van der Waals surface area (Å²) in [6, 6.07) is 12.7. The molecular weight excluding hydrogens is 316 g/mol. The molecule has 5 nitrogen and oxygen atoms in total. The summed E-state index contributed by atoms with van der Waals surface area (Å²) in [7, 11) is 3.08. The largest absolute Gasteiger partial charge is 0.493 e. The Labute approximate surface area is 147 Å². The molecule has 2 rings (SSSR count). The van der Waals surface area contributed by atoms with Crippen LogP contribution in [0.15, 0.2) is 42.0 Å². The zero-order valence-corrected chi connectivity index (χ0v) is 14.7. The van der Waals surface area contributed by atoms with Crippen molar-refractivity contribution in [2.75, 3.05) is 19.5 Å². The lowest BCUT2D eigenvalue weighted by Gasteiger charge is -2.09. The van der Waals surface area contributed by atoms with E-state index in [-0.39, 0.29) is 5.57 Å². The van der Waals surface area contributed by atoms with Crippen molar-refractivity contribution >= 4 is 17.7 Å². The number of benzene rings is 2. The lowest BCUT2D eigenvalue weighted by molar-refractivity contribution is -0.112. The highest BCUT2D eigenvalue weighted by atomic mass is 16.5. The lowest BCUT2D eigenvalue weighted by Crippen LogP contribution is -2.13. The molecule has 0 fully saturated rings. The minimum atomic E-state index is -0.458. The summed E-state index contributed by atoms with van der Waals surface area (Å²) >= 11 is 0. The highest BCUT2D eigenvalue weighted by Crippen LogP contribution is 2.28. The van der Waals surface area contributed by atoms with Gasteiger partial charge in [-0.2, -0.15) is 5.26 Å². The third-order valence-electron chi connectivity index (χ3n) is 3.85. The predicted octanol–water partition coefficient (Wildman–Crippen LogP) is 3.87. The number of rotatable bonds is 5. The molecule has 0 aliphatic heterocycles. The fraction of sp³-hybridized carbons (Fsp3) is 0.200. The van der Waals surface area contributed by atoms with Crippen molar-refractivity contribution in [3.05, 3.63) is 58.7 Å². The summed E-state index contributed by atoms with van der Waals surface area (Å²) in [6.45, 7) is 3.97. The molecule has 0 aromatic heterocycles. The molecule has 0 heterocycles. The SMILES string of the molecule is COc1ccc(/C=C(\C#N)C(=O)Nc2ccc(C)c(C)c2)cc1OC. The number of anilines is 1. The maximum Gasteiger partial charge on any atom is 0.266 e. The van der Waals surface area contributed by atoms with Gasteiger partial charge in [0.1, 0.15) is 11.6 Å². The lowest BCUT2D eigenvalue weighted by atomic mass is 10.1. The number of hydrogen-bond donors (Lipinski definition) is 1. The Bertz CT molecular complexity index is 864. The summed E-state index contributed by atoms with van der Waals surface area (Å²) < 4.78 is 10.4. The maximum absolute atomic E-state index is 12.4. The molecule has 0 aliphatic rings. The first-order valence-corrected chi connectivity index (χ1v) is 7.71. The van der Waals surface area contributed by atoms with Crippen LogP contribution in [-0.2, 0) is 4.79 Å². The number of nitrogens with one attached hydrogen (secondary N) is 1. The predicted molar refractivity (Wildman–Crippen MR) is 97.7 cm³/mol. The number of carbonyl (C=O) groups is 1. The van der Waals surface area contributed by atoms with Crippen molar-refractivity contribution < 1.29 is 14.3 Å². The van der Waals surface area contributed by atoms with Gasteiger partial charge in [0.2, 0.25) is 0 Å². The van der Waals surface area contributed by atoms with Crippen LogP contribution >= 0.6 is 0 Å². The van der Waals surface area contributed by atoms with Gasteiger partial charge < -0.3 is 14.8 Å². The maximum atomic E-state index is 12.4. The van der Waals surface area contributed by atoms with E-state index in [4.69, 9.17) is 9.47 Å². The Morgan fingerprint density at radius 1 is 1.04 bits per heavy atom. The third-order valence-corrected chi connectivity index (χ3v) is 3.85. The second-order valence-electron chi connectivity index (χ2n) is 5.54. The minimum absolute atomic E-state index is 0.00504. The van der Waals surface area contributed by atoms with Crippen LogP contribution < -0.4 is 14.8 Å². The van der Waals surface area contributed by atoms with Gasteiger partial charge in [-0.1, -0.05) is 12.1 Å². The molecule has 0 atom stereocenters. The fourth-order valence-electron chi connectivity index (χ4n) is 2.28. The summed E-state index contributed by atoms with van der Waals surface area (Å²) in [5.74, 6) is 0.654. The third kappa shape index (κ3) is 4.39. The van der Waals surface area contributed by atoms with Crippen LogP contribution in [0.3, 0.4) is 0 Å². The van der Waals surface area contributed by atoms with Gasteiger partial charge in [0.05, 0.1) is 14.2 Å². The Balaban J connectivity index is 2.26. The number of amides is 1. The number of nitriles is 1. The standard InChI is InChI=1S/C20H20N2O3/c1-13-5-7-17(9-14(13)2)22-20(23)16(12-21)10-15-6-8-18(24-3)19(11-15)25-4/h5-11H,1-4H3,(H,22,23)/b16-10+. The zero-order chi connectivity index (χ0) is 18.4. The van der Waals surface area contributed by atoms with Gasteiger partial charge in [-0.3, -0.25) is 4.79 Å². The van der Waals surface area contributed by atoms with Crippen molar-refractivity contribution in [1.82, 2.24) is 0 Å². The number of methoxy groups -OCH3 is 2. The molecule has 0 radical (unpaired) electrons. The topological polar surface area (TPSA) is 71.3 Å². The van der Waals surface area contributed by atoms with E-state index in [1.54, 1.807) is 25.3 Å². The molecule has 0 unspecified atom stereocenters.